The summed E-state index contributed by atoms with van der Waals surface area (Å²) in [6.45, 7) is 3.69. The molecule has 2 rings (SSSR count). The number of carbonyl (C=O) groups is 11. The summed E-state index contributed by atoms with van der Waals surface area (Å²) < 4.78 is 0. The van der Waals surface area contributed by atoms with Crippen molar-refractivity contribution < 1.29 is 73.2 Å². The van der Waals surface area contributed by atoms with E-state index in [9.17, 15) is 73.2 Å². The second kappa shape index (κ2) is 25.0. The first kappa shape index (κ1) is 51.2. The van der Waals surface area contributed by atoms with Crippen LogP contribution in [0.25, 0.3) is 0 Å². The average molecular weight is 870 g/mol. The molecule has 2 fully saturated rings. The number of carboxylic acid groups (broad SMARTS) is 3. The number of carbonyl (C=O) groups excluding carboxylic acids is 8. The third-order valence-electron chi connectivity index (χ3n) is 10.1. The number of amides is 8. The molecule has 2 saturated heterocycles. The maximum absolute atomic E-state index is 13.8. The minimum absolute atomic E-state index is 0.0294. The number of hydrogen-bond donors (Lipinski definition) is 11. The largest absolute Gasteiger partial charge is 0.481 e. The van der Waals surface area contributed by atoms with Gasteiger partial charge in [-0.2, -0.15) is 0 Å². The van der Waals surface area contributed by atoms with Gasteiger partial charge in [-0.15, -0.1) is 0 Å². The summed E-state index contributed by atoms with van der Waals surface area (Å²) in [5.74, 6) is -11.4. The Labute approximate surface area is 351 Å². The number of aliphatic hydroxyl groups excluding tert-OH is 1. The second-order valence-electron chi connectivity index (χ2n) is 15.2. The highest BCUT2D eigenvalue weighted by Gasteiger charge is 2.44. The van der Waals surface area contributed by atoms with Gasteiger partial charge in [-0.3, -0.25) is 47.9 Å². The molecule has 24 nitrogen and oxygen atoms in total. The van der Waals surface area contributed by atoms with Crippen molar-refractivity contribution in [2.24, 2.45) is 11.7 Å². The summed E-state index contributed by atoms with van der Waals surface area (Å²) in [6, 6.07) is -9.62. The number of likely N-dealkylation sites (tertiary alicyclic amines) is 2. The lowest BCUT2D eigenvalue weighted by Crippen LogP contribution is -2.59. The first-order chi connectivity index (χ1) is 28.7. The number of nitrogens with one attached hydrogen (secondary N) is 6. The molecular formula is C37H59N9O15. The minimum atomic E-state index is -1.95. The van der Waals surface area contributed by atoms with Crippen molar-refractivity contribution in [1.82, 2.24) is 41.7 Å². The van der Waals surface area contributed by atoms with Crippen LogP contribution in [0.1, 0.15) is 85.0 Å². The van der Waals surface area contributed by atoms with Gasteiger partial charge in [-0.05, 0) is 63.8 Å². The molecule has 0 aromatic carbocycles. The monoisotopic (exact) mass is 869 g/mol. The number of aliphatic carboxylic acids is 3. The lowest BCUT2D eigenvalue weighted by molar-refractivity contribution is -0.148. The summed E-state index contributed by atoms with van der Waals surface area (Å²) in [5.41, 5.74) is 5.42. The topological polar surface area (TPSA) is 373 Å². The third kappa shape index (κ3) is 16.2. The van der Waals surface area contributed by atoms with E-state index in [1.54, 1.807) is 13.8 Å². The molecule has 7 unspecified atom stereocenters. The van der Waals surface area contributed by atoms with Crippen LogP contribution in [0.5, 0.6) is 0 Å². The number of unbranched alkanes of at least 4 members (excludes halogenated alkanes) is 1. The molecule has 0 saturated carbocycles. The van der Waals surface area contributed by atoms with E-state index in [0.29, 0.717) is 32.1 Å². The average Bonchev–Trinajstić information content (AvgIpc) is 3.89. The fourth-order valence-corrected chi connectivity index (χ4v) is 6.91. The SMILES string of the molecule is CC(=O)NC(C(=O)N1CCCC1C(=O)N1CCCC1C(=O)NCC(=O)NC(CCC(=O)O)C(=O)NC(CC(=O)O)C(=O)NC(CO)C(=O)NC(CCCCN)C(=O)O)C(C)C. The zero-order valence-corrected chi connectivity index (χ0v) is 34.5. The Balaban J connectivity index is 2.12. The van der Waals surface area contributed by atoms with Crippen LogP contribution in [-0.4, -0.2) is 170 Å². The summed E-state index contributed by atoms with van der Waals surface area (Å²) >= 11 is 0. The zero-order chi connectivity index (χ0) is 46.0. The number of aliphatic hydroxyl groups is 1. The van der Waals surface area contributed by atoms with Gasteiger partial charge < -0.3 is 67.9 Å². The summed E-state index contributed by atoms with van der Waals surface area (Å²) in [7, 11) is 0. The lowest BCUT2D eigenvalue weighted by atomic mass is 10.0. The first-order valence-corrected chi connectivity index (χ1v) is 20.1. The van der Waals surface area contributed by atoms with Crippen LogP contribution in [0.3, 0.4) is 0 Å². The molecule has 0 aromatic heterocycles. The van der Waals surface area contributed by atoms with Gasteiger partial charge in [0, 0.05) is 26.4 Å². The van der Waals surface area contributed by atoms with E-state index in [1.807, 2.05) is 5.32 Å². The van der Waals surface area contributed by atoms with Crippen molar-refractivity contribution in [3.8, 4) is 0 Å². The Morgan fingerprint density at radius 2 is 1.26 bits per heavy atom. The molecule has 0 aliphatic carbocycles. The minimum Gasteiger partial charge on any atom is -0.481 e. The van der Waals surface area contributed by atoms with Gasteiger partial charge >= 0.3 is 17.9 Å². The van der Waals surface area contributed by atoms with E-state index in [4.69, 9.17) is 5.73 Å². The van der Waals surface area contributed by atoms with Gasteiger partial charge in [0.2, 0.25) is 47.3 Å². The maximum atomic E-state index is 13.8. The smallest absolute Gasteiger partial charge is 0.326 e. The fraction of sp³-hybridized carbons (Fsp3) is 0.703. The van der Waals surface area contributed by atoms with Crippen molar-refractivity contribution in [2.45, 2.75) is 127 Å². The molecule has 342 valence electrons. The molecule has 61 heavy (non-hydrogen) atoms. The molecule has 2 aliphatic rings. The van der Waals surface area contributed by atoms with Gasteiger partial charge in [-0.1, -0.05) is 13.8 Å². The molecule has 7 atom stereocenters. The number of hydrogen-bond acceptors (Lipinski definition) is 13. The Morgan fingerprint density at radius 1 is 0.689 bits per heavy atom. The van der Waals surface area contributed by atoms with Crippen molar-refractivity contribution >= 4 is 65.2 Å². The van der Waals surface area contributed by atoms with Crippen LogP contribution in [0.2, 0.25) is 0 Å². The zero-order valence-electron chi connectivity index (χ0n) is 34.5. The van der Waals surface area contributed by atoms with Crippen LogP contribution < -0.4 is 37.6 Å². The fourth-order valence-electron chi connectivity index (χ4n) is 6.91. The van der Waals surface area contributed by atoms with Crippen molar-refractivity contribution in [2.75, 3.05) is 32.8 Å². The molecule has 8 amide bonds. The van der Waals surface area contributed by atoms with E-state index >= 15 is 0 Å². The quantitative estimate of drug-likeness (QED) is 0.0387. The normalized spacial score (nSPS) is 18.5. The van der Waals surface area contributed by atoms with Crippen LogP contribution >= 0.6 is 0 Å². The number of carboxylic acids is 3. The van der Waals surface area contributed by atoms with Crippen LogP contribution in [0, 0.1) is 5.92 Å². The highest BCUT2D eigenvalue weighted by atomic mass is 16.4. The number of rotatable bonds is 25. The predicted octanol–water partition coefficient (Wildman–Crippen LogP) is -4.27. The first-order valence-electron chi connectivity index (χ1n) is 20.1. The molecule has 0 aromatic rings. The van der Waals surface area contributed by atoms with E-state index in [2.05, 4.69) is 26.6 Å². The van der Waals surface area contributed by atoms with E-state index in [0.717, 1.165) is 0 Å². The number of nitrogens with zero attached hydrogens (tertiary/aromatic N) is 2. The summed E-state index contributed by atoms with van der Waals surface area (Å²) in [4.78, 5) is 142. The number of nitrogens with two attached hydrogens (primary N) is 1. The van der Waals surface area contributed by atoms with Gasteiger partial charge in [0.25, 0.3) is 0 Å². The molecular weight excluding hydrogens is 810 g/mol. The molecule has 2 heterocycles. The standard InChI is InChI=1S/C37H59N9O15/c1-19(2)30(40-20(3)48)36(59)46-15-7-10-26(46)35(58)45-14-6-9-25(45)34(57)39-17-27(49)41-21(11-12-28(50)51)31(54)43-23(16-29(52)53)32(55)44-24(18-47)33(56)42-22(37(60)61)8-4-5-13-38/h19,21-26,30,47H,4-18,38H2,1-3H3,(H,39,57)(H,40,48)(H,41,49)(H,42,56)(H,43,54)(H,44,55)(H,50,51)(H,52,53)(H,60,61). The van der Waals surface area contributed by atoms with Gasteiger partial charge in [0.15, 0.2) is 0 Å². The predicted molar refractivity (Wildman–Crippen MR) is 209 cm³/mol. The highest BCUT2D eigenvalue weighted by Crippen LogP contribution is 2.26. The van der Waals surface area contributed by atoms with Crippen molar-refractivity contribution in [1.29, 1.82) is 0 Å². The molecule has 0 spiro atoms. The molecule has 2 aliphatic heterocycles. The van der Waals surface area contributed by atoms with Gasteiger partial charge in [0.05, 0.1) is 19.6 Å². The Kier molecular flexibility index (Phi) is 21.0. The second-order valence-corrected chi connectivity index (χ2v) is 15.2. The van der Waals surface area contributed by atoms with Crippen LogP contribution in [0.4, 0.5) is 0 Å². The maximum Gasteiger partial charge on any atom is 0.326 e. The highest BCUT2D eigenvalue weighted by molar-refractivity contribution is 5.98. The third-order valence-corrected chi connectivity index (χ3v) is 10.1. The van der Waals surface area contributed by atoms with Gasteiger partial charge in [-0.25, -0.2) is 4.79 Å². The van der Waals surface area contributed by atoms with Crippen LogP contribution in [-0.2, 0) is 52.7 Å². The van der Waals surface area contributed by atoms with Crippen molar-refractivity contribution in [3.05, 3.63) is 0 Å². The van der Waals surface area contributed by atoms with E-state index < -0.39 is 140 Å². The van der Waals surface area contributed by atoms with E-state index in [1.165, 1.54) is 16.7 Å². The van der Waals surface area contributed by atoms with Crippen molar-refractivity contribution in [3.63, 3.8) is 0 Å². The molecule has 24 heteroatoms. The Bertz CT molecular complexity index is 1640. The molecule has 12 N–H and O–H groups in total. The summed E-state index contributed by atoms with van der Waals surface area (Å²) in [5, 5.41) is 51.5. The summed E-state index contributed by atoms with van der Waals surface area (Å²) in [6.07, 6.45) is -0.0771. The van der Waals surface area contributed by atoms with Gasteiger partial charge in [0.1, 0.15) is 42.3 Å². The lowest BCUT2D eigenvalue weighted by Gasteiger charge is -2.33. The van der Waals surface area contributed by atoms with E-state index in [-0.39, 0.29) is 38.4 Å². The Hall–Kier alpha value is -5.91. The molecule has 0 bridgehead atoms. The Morgan fingerprint density at radius 3 is 1.82 bits per heavy atom. The van der Waals surface area contributed by atoms with Crippen LogP contribution in [0.15, 0.2) is 0 Å². The molecule has 0 radical (unpaired) electrons.